The Kier molecular flexibility index (Phi) is 11.8. The molecule has 0 atom stereocenters. The molecule has 0 aliphatic heterocycles. The summed E-state index contributed by atoms with van der Waals surface area (Å²) in [5.41, 5.74) is 0. The van der Waals surface area contributed by atoms with Crippen LogP contribution >= 0.6 is 0 Å². The van der Waals surface area contributed by atoms with Crippen molar-refractivity contribution in [3.8, 4) is 6.07 Å². The van der Waals surface area contributed by atoms with Gasteiger partial charge >= 0.3 is 5.97 Å². The van der Waals surface area contributed by atoms with Gasteiger partial charge in [-0.1, -0.05) is 37.8 Å². The highest BCUT2D eigenvalue weighted by Crippen LogP contribution is 2.09. The monoisotopic (exact) mass is 237 g/mol. The molecule has 3 heteroatoms. The molecule has 0 heterocycles. The van der Waals surface area contributed by atoms with Crippen molar-refractivity contribution < 1.29 is 9.53 Å². The van der Waals surface area contributed by atoms with Gasteiger partial charge in [0.2, 0.25) is 0 Å². The first-order valence-electron chi connectivity index (χ1n) is 6.40. The summed E-state index contributed by atoms with van der Waals surface area (Å²) in [7, 11) is 1.43. The third kappa shape index (κ3) is 12.6. The van der Waals surface area contributed by atoms with Gasteiger partial charge in [0.1, 0.15) is 0 Å². The molecule has 0 unspecified atom stereocenters. The molecule has 0 saturated heterocycles. The van der Waals surface area contributed by atoms with E-state index in [2.05, 4.69) is 16.9 Å². The van der Waals surface area contributed by atoms with E-state index >= 15 is 0 Å². The number of rotatable bonds is 10. The fourth-order valence-corrected chi connectivity index (χ4v) is 1.59. The maximum absolute atomic E-state index is 10.8. The predicted molar refractivity (Wildman–Crippen MR) is 68.3 cm³/mol. The Bertz CT molecular complexity index is 253. The number of carbonyl (C=O) groups excluding carboxylic acids is 1. The van der Waals surface area contributed by atoms with E-state index in [0.29, 0.717) is 12.8 Å². The van der Waals surface area contributed by atoms with Crippen LogP contribution in [0.15, 0.2) is 12.2 Å². The van der Waals surface area contributed by atoms with Crippen molar-refractivity contribution in [2.75, 3.05) is 7.11 Å². The Morgan fingerprint density at radius 3 is 2.41 bits per heavy atom. The maximum atomic E-state index is 10.8. The lowest BCUT2D eigenvalue weighted by Gasteiger charge is -2.00. The quantitative estimate of drug-likeness (QED) is 0.330. The summed E-state index contributed by atoms with van der Waals surface area (Å²) in [6.45, 7) is 0. The summed E-state index contributed by atoms with van der Waals surface area (Å²) in [4.78, 5) is 10.8. The fraction of sp³-hybridized carbons (Fsp3) is 0.714. The number of esters is 1. The minimum Gasteiger partial charge on any atom is -0.469 e. The Morgan fingerprint density at radius 2 is 1.76 bits per heavy atom. The molecule has 0 aliphatic rings. The minimum atomic E-state index is -0.104. The van der Waals surface area contributed by atoms with Gasteiger partial charge in [-0.2, -0.15) is 5.26 Å². The Hall–Kier alpha value is -1.30. The number of hydrogen-bond acceptors (Lipinski definition) is 3. The molecule has 0 saturated carbocycles. The van der Waals surface area contributed by atoms with Crippen molar-refractivity contribution in [2.45, 2.75) is 57.8 Å². The lowest BCUT2D eigenvalue weighted by atomic mass is 10.1. The summed E-state index contributed by atoms with van der Waals surface area (Å²) in [6.07, 6.45) is 13.1. The second-order valence-corrected chi connectivity index (χ2v) is 4.07. The van der Waals surface area contributed by atoms with Crippen LogP contribution in [0.3, 0.4) is 0 Å². The normalized spacial score (nSPS) is 10.4. The first-order valence-corrected chi connectivity index (χ1v) is 6.40. The van der Waals surface area contributed by atoms with Gasteiger partial charge < -0.3 is 4.74 Å². The first kappa shape index (κ1) is 15.7. The van der Waals surface area contributed by atoms with Crippen LogP contribution in [0.4, 0.5) is 0 Å². The van der Waals surface area contributed by atoms with Crippen molar-refractivity contribution in [2.24, 2.45) is 0 Å². The summed E-state index contributed by atoms with van der Waals surface area (Å²) in [5.74, 6) is -0.104. The molecule has 17 heavy (non-hydrogen) atoms. The zero-order chi connectivity index (χ0) is 12.8. The molecule has 0 aromatic carbocycles. The zero-order valence-electron chi connectivity index (χ0n) is 10.8. The summed E-state index contributed by atoms with van der Waals surface area (Å²) >= 11 is 0. The van der Waals surface area contributed by atoms with Gasteiger partial charge in [-0.15, -0.1) is 0 Å². The van der Waals surface area contributed by atoms with Gasteiger partial charge in [0, 0.05) is 6.42 Å². The highest BCUT2D eigenvalue weighted by molar-refractivity contribution is 5.68. The van der Waals surface area contributed by atoms with Gasteiger partial charge in [-0.3, -0.25) is 4.79 Å². The molecule has 0 radical (unpaired) electrons. The van der Waals surface area contributed by atoms with E-state index in [1.165, 1.54) is 32.8 Å². The van der Waals surface area contributed by atoms with E-state index in [4.69, 9.17) is 5.26 Å². The average molecular weight is 237 g/mol. The van der Waals surface area contributed by atoms with Crippen molar-refractivity contribution >= 4 is 5.97 Å². The summed E-state index contributed by atoms with van der Waals surface area (Å²) in [6, 6.07) is 2.08. The van der Waals surface area contributed by atoms with Crippen molar-refractivity contribution in [3.05, 3.63) is 12.2 Å². The van der Waals surface area contributed by atoms with Gasteiger partial charge in [-0.05, 0) is 19.3 Å². The Labute approximate surface area is 104 Å². The van der Waals surface area contributed by atoms with E-state index in [-0.39, 0.29) is 5.97 Å². The standard InChI is InChI=1S/C14H23NO2/c1-17-14(16)12-10-8-6-4-2-3-5-7-9-11-13-15/h7,9H,2-6,8,10-12H2,1H3. The molecule has 96 valence electrons. The number of hydrogen-bond donors (Lipinski definition) is 0. The number of methoxy groups -OCH3 is 1. The molecule has 0 aromatic rings. The van der Waals surface area contributed by atoms with Gasteiger partial charge in [0.05, 0.1) is 19.6 Å². The van der Waals surface area contributed by atoms with Crippen LogP contribution in [-0.4, -0.2) is 13.1 Å². The van der Waals surface area contributed by atoms with Gasteiger partial charge in [-0.25, -0.2) is 0 Å². The Morgan fingerprint density at radius 1 is 1.12 bits per heavy atom. The van der Waals surface area contributed by atoms with Crippen LogP contribution in [0.25, 0.3) is 0 Å². The van der Waals surface area contributed by atoms with E-state index in [9.17, 15) is 4.79 Å². The predicted octanol–water partition coefficient (Wildman–Crippen LogP) is 3.75. The molecule has 0 aliphatic carbocycles. The highest BCUT2D eigenvalue weighted by atomic mass is 16.5. The smallest absolute Gasteiger partial charge is 0.305 e. The van der Waals surface area contributed by atoms with Crippen LogP contribution < -0.4 is 0 Å². The van der Waals surface area contributed by atoms with E-state index in [1.807, 2.05) is 6.08 Å². The van der Waals surface area contributed by atoms with E-state index < -0.39 is 0 Å². The molecule has 0 aromatic heterocycles. The molecule has 0 N–H and O–H groups in total. The number of nitriles is 1. The first-order chi connectivity index (χ1) is 8.31. The number of carbonyl (C=O) groups is 1. The molecular formula is C14H23NO2. The van der Waals surface area contributed by atoms with Gasteiger partial charge in [0.25, 0.3) is 0 Å². The molecule has 0 fully saturated rings. The largest absolute Gasteiger partial charge is 0.469 e. The number of nitrogens with zero attached hydrogens (tertiary/aromatic N) is 1. The topological polar surface area (TPSA) is 50.1 Å². The van der Waals surface area contributed by atoms with Crippen LogP contribution in [-0.2, 0) is 9.53 Å². The SMILES string of the molecule is COC(=O)CCCCCCCCC=CCC#N. The van der Waals surface area contributed by atoms with Crippen molar-refractivity contribution in [3.63, 3.8) is 0 Å². The Balaban J connectivity index is 3.09. The third-order valence-electron chi connectivity index (χ3n) is 2.61. The second-order valence-electron chi connectivity index (χ2n) is 4.07. The fourth-order valence-electron chi connectivity index (χ4n) is 1.59. The van der Waals surface area contributed by atoms with Crippen molar-refractivity contribution in [1.82, 2.24) is 0 Å². The lowest BCUT2D eigenvalue weighted by Crippen LogP contribution is -1.99. The molecule has 0 amide bonds. The minimum absolute atomic E-state index is 0.104. The van der Waals surface area contributed by atoms with Crippen LogP contribution in [0.5, 0.6) is 0 Å². The molecule has 0 rings (SSSR count). The highest BCUT2D eigenvalue weighted by Gasteiger charge is 1.98. The number of allylic oxidation sites excluding steroid dienone is 2. The average Bonchev–Trinajstić information content (AvgIpc) is 2.35. The zero-order valence-corrected chi connectivity index (χ0v) is 10.8. The van der Waals surface area contributed by atoms with E-state index in [1.54, 1.807) is 0 Å². The van der Waals surface area contributed by atoms with Gasteiger partial charge in [0.15, 0.2) is 0 Å². The number of unbranched alkanes of at least 4 members (excludes halogenated alkanes) is 6. The maximum Gasteiger partial charge on any atom is 0.305 e. The van der Waals surface area contributed by atoms with Crippen molar-refractivity contribution in [1.29, 1.82) is 5.26 Å². The van der Waals surface area contributed by atoms with Crippen LogP contribution in [0, 0.1) is 11.3 Å². The third-order valence-corrected chi connectivity index (χ3v) is 2.61. The molecular weight excluding hydrogens is 214 g/mol. The van der Waals surface area contributed by atoms with Crippen LogP contribution in [0.2, 0.25) is 0 Å². The number of ether oxygens (including phenoxy) is 1. The molecule has 3 nitrogen and oxygen atoms in total. The summed E-state index contributed by atoms with van der Waals surface area (Å²) < 4.78 is 4.57. The summed E-state index contributed by atoms with van der Waals surface area (Å²) in [5, 5.41) is 8.31. The molecule has 0 spiro atoms. The van der Waals surface area contributed by atoms with E-state index in [0.717, 1.165) is 19.3 Å². The van der Waals surface area contributed by atoms with Crippen LogP contribution in [0.1, 0.15) is 57.8 Å². The lowest BCUT2D eigenvalue weighted by molar-refractivity contribution is -0.140. The second kappa shape index (κ2) is 12.8. The molecule has 0 bridgehead atoms.